The lowest BCUT2D eigenvalue weighted by molar-refractivity contribution is -0.117. The molecule has 0 saturated carbocycles. The number of amides is 1. The second-order valence-electron chi connectivity index (χ2n) is 6.34. The summed E-state index contributed by atoms with van der Waals surface area (Å²) in [5.74, 6) is 0.721. The van der Waals surface area contributed by atoms with Gasteiger partial charge in [0.15, 0.2) is 5.96 Å². The quantitative estimate of drug-likeness (QED) is 0.376. The molecule has 0 atom stereocenters. The number of para-hydroxylation sites is 1. The maximum absolute atomic E-state index is 12.7. The van der Waals surface area contributed by atoms with E-state index in [1.54, 1.807) is 11.3 Å². The molecule has 1 aromatic carbocycles. The number of aliphatic imine (C=N–C) groups is 1. The normalized spacial score (nSPS) is 13.6. The monoisotopic (exact) mass is 498 g/mol. The minimum Gasteiger partial charge on any atom is -0.357 e. The maximum atomic E-state index is 12.7. The van der Waals surface area contributed by atoms with Gasteiger partial charge in [0.2, 0.25) is 5.91 Å². The number of thiophene rings is 1. The molecule has 5 nitrogen and oxygen atoms in total. The first kappa shape index (κ1) is 21.7. The molecule has 1 aliphatic heterocycles. The zero-order valence-electron chi connectivity index (χ0n) is 15.8. The van der Waals surface area contributed by atoms with Crippen molar-refractivity contribution in [2.75, 3.05) is 24.5 Å². The third-order valence-corrected chi connectivity index (χ3v) is 5.35. The number of nitrogens with one attached hydrogen (secondary N) is 2. The van der Waals surface area contributed by atoms with Gasteiger partial charge in [0.1, 0.15) is 6.54 Å². The van der Waals surface area contributed by atoms with Crippen molar-refractivity contribution in [3.63, 3.8) is 0 Å². The van der Waals surface area contributed by atoms with Gasteiger partial charge in [-0.15, -0.1) is 35.3 Å². The van der Waals surface area contributed by atoms with Crippen molar-refractivity contribution in [1.29, 1.82) is 0 Å². The number of fused-ring (bicyclic) bond motifs is 1. The third-order valence-electron chi connectivity index (χ3n) is 4.35. The first-order chi connectivity index (χ1) is 12.7. The van der Waals surface area contributed by atoms with Gasteiger partial charge in [-0.25, -0.2) is 4.99 Å². The van der Waals surface area contributed by atoms with E-state index in [9.17, 15) is 4.79 Å². The lowest BCUT2D eigenvalue weighted by atomic mass is 10.0. The van der Waals surface area contributed by atoms with E-state index in [0.29, 0.717) is 12.5 Å². The van der Waals surface area contributed by atoms with Crippen LogP contribution in [0.2, 0.25) is 0 Å². The van der Waals surface area contributed by atoms with Gasteiger partial charge in [-0.1, -0.05) is 18.2 Å². The van der Waals surface area contributed by atoms with Crippen LogP contribution in [0, 0.1) is 6.92 Å². The standard InChI is InChI=1S/C20H26N4OS.HI/c1-3-21-20(22-13-17-11-10-15(2)26-17)23-14-19(25)24-12-6-8-16-7-4-5-9-18(16)24;/h4-5,7,9-11H,3,6,8,12-14H2,1-2H3,(H2,21,22,23);1H. The summed E-state index contributed by atoms with van der Waals surface area (Å²) in [5, 5.41) is 6.52. The van der Waals surface area contributed by atoms with Crippen LogP contribution in [0.4, 0.5) is 5.69 Å². The Kier molecular flexibility index (Phi) is 8.56. The molecule has 0 unspecified atom stereocenters. The molecule has 2 aromatic rings. The Balaban J connectivity index is 0.00000261. The van der Waals surface area contributed by atoms with E-state index in [2.05, 4.69) is 40.7 Å². The SMILES string of the molecule is CCNC(=NCC(=O)N1CCCc2ccccc21)NCc1ccc(C)s1.I. The Bertz CT molecular complexity index is 790. The number of anilines is 1. The number of carbonyl (C=O) groups is 1. The third kappa shape index (κ3) is 5.93. The van der Waals surface area contributed by atoms with Gasteiger partial charge >= 0.3 is 0 Å². The Morgan fingerprint density at radius 2 is 2.04 bits per heavy atom. The topological polar surface area (TPSA) is 56.7 Å². The minimum atomic E-state index is 0. The summed E-state index contributed by atoms with van der Waals surface area (Å²) in [4.78, 5) is 21.6. The number of nitrogens with zero attached hydrogens (tertiary/aromatic N) is 2. The molecule has 1 aromatic heterocycles. The van der Waals surface area contributed by atoms with Crippen LogP contribution < -0.4 is 15.5 Å². The van der Waals surface area contributed by atoms with E-state index in [-0.39, 0.29) is 36.4 Å². The fraction of sp³-hybridized carbons (Fsp3) is 0.400. The molecule has 7 heteroatoms. The Morgan fingerprint density at radius 1 is 1.22 bits per heavy atom. The number of halogens is 1. The fourth-order valence-corrected chi connectivity index (χ4v) is 3.95. The van der Waals surface area contributed by atoms with E-state index < -0.39 is 0 Å². The van der Waals surface area contributed by atoms with Gasteiger partial charge in [0.05, 0.1) is 6.54 Å². The molecular formula is C20H27IN4OS. The average molecular weight is 498 g/mol. The molecule has 0 spiro atoms. The summed E-state index contributed by atoms with van der Waals surface area (Å²) in [6.45, 7) is 6.51. The number of carbonyl (C=O) groups excluding carboxylic acids is 1. The maximum Gasteiger partial charge on any atom is 0.248 e. The first-order valence-electron chi connectivity index (χ1n) is 9.13. The highest BCUT2D eigenvalue weighted by molar-refractivity contribution is 14.0. The smallest absolute Gasteiger partial charge is 0.248 e. The predicted octanol–water partition coefficient (Wildman–Crippen LogP) is 3.71. The van der Waals surface area contributed by atoms with Crippen LogP contribution in [0.25, 0.3) is 0 Å². The average Bonchev–Trinajstić information content (AvgIpc) is 3.08. The van der Waals surface area contributed by atoms with Gasteiger partial charge in [0.25, 0.3) is 0 Å². The summed E-state index contributed by atoms with van der Waals surface area (Å²) in [6, 6.07) is 12.4. The van der Waals surface area contributed by atoms with Gasteiger partial charge in [-0.05, 0) is 50.5 Å². The molecule has 0 fully saturated rings. The predicted molar refractivity (Wildman–Crippen MR) is 124 cm³/mol. The van der Waals surface area contributed by atoms with Crippen LogP contribution in [-0.4, -0.2) is 31.5 Å². The van der Waals surface area contributed by atoms with Gasteiger partial charge in [-0.3, -0.25) is 4.79 Å². The number of benzene rings is 1. The van der Waals surface area contributed by atoms with Crippen molar-refractivity contribution in [3.05, 3.63) is 51.7 Å². The van der Waals surface area contributed by atoms with Gasteiger partial charge < -0.3 is 15.5 Å². The van der Waals surface area contributed by atoms with E-state index in [1.807, 2.05) is 30.0 Å². The molecule has 0 radical (unpaired) electrons. The molecule has 0 bridgehead atoms. The van der Waals surface area contributed by atoms with E-state index in [4.69, 9.17) is 0 Å². The largest absolute Gasteiger partial charge is 0.357 e. The second kappa shape index (κ2) is 10.7. The number of hydrogen-bond donors (Lipinski definition) is 2. The molecular weight excluding hydrogens is 471 g/mol. The zero-order chi connectivity index (χ0) is 18.4. The number of hydrogen-bond acceptors (Lipinski definition) is 3. The molecule has 1 aliphatic rings. The van der Waals surface area contributed by atoms with Crippen LogP contribution >= 0.6 is 35.3 Å². The van der Waals surface area contributed by atoms with Crippen molar-refractivity contribution in [1.82, 2.24) is 10.6 Å². The number of rotatable bonds is 5. The Hall–Kier alpha value is -1.61. The van der Waals surface area contributed by atoms with Crippen LogP contribution in [0.3, 0.4) is 0 Å². The van der Waals surface area contributed by atoms with Crippen molar-refractivity contribution in [2.45, 2.75) is 33.2 Å². The number of guanidine groups is 1. The summed E-state index contributed by atoms with van der Waals surface area (Å²) < 4.78 is 0. The van der Waals surface area contributed by atoms with E-state index in [1.165, 1.54) is 15.3 Å². The molecule has 3 rings (SSSR count). The highest BCUT2D eigenvalue weighted by Gasteiger charge is 2.21. The van der Waals surface area contributed by atoms with Crippen LogP contribution in [-0.2, 0) is 17.8 Å². The van der Waals surface area contributed by atoms with Crippen molar-refractivity contribution >= 4 is 52.9 Å². The molecule has 146 valence electrons. The molecule has 27 heavy (non-hydrogen) atoms. The van der Waals surface area contributed by atoms with Crippen molar-refractivity contribution < 1.29 is 4.79 Å². The second-order valence-corrected chi connectivity index (χ2v) is 7.71. The van der Waals surface area contributed by atoms with E-state index >= 15 is 0 Å². The van der Waals surface area contributed by atoms with Crippen molar-refractivity contribution in [2.24, 2.45) is 4.99 Å². The molecule has 2 heterocycles. The van der Waals surface area contributed by atoms with Crippen LogP contribution in [0.1, 0.15) is 28.7 Å². The molecule has 2 N–H and O–H groups in total. The summed E-state index contributed by atoms with van der Waals surface area (Å²) >= 11 is 1.77. The lowest BCUT2D eigenvalue weighted by Crippen LogP contribution is -2.40. The van der Waals surface area contributed by atoms with E-state index in [0.717, 1.165) is 31.6 Å². The van der Waals surface area contributed by atoms with Gasteiger partial charge in [-0.2, -0.15) is 0 Å². The first-order valence-corrected chi connectivity index (χ1v) is 9.95. The minimum absolute atomic E-state index is 0. The lowest BCUT2D eigenvalue weighted by Gasteiger charge is -2.29. The van der Waals surface area contributed by atoms with Gasteiger partial charge in [0, 0.05) is 28.5 Å². The Morgan fingerprint density at radius 3 is 2.78 bits per heavy atom. The fourth-order valence-electron chi connectivity index (χ4n) is 3.12. The Labute approximate surface area is 182 Å². The highest BCUT2D eigenvalue weighted by Crippen LogP contribution is 2.26. The number of aryl methyl sites for hydroxylation is 2. The summed E-state index contributed by atoms with van der Waals surface area (Å²) in [5.41, 5.74) is 2.28. The zero-order valence-corrected chi connectivity index (χ0v) is 19.0. The highest BCUT2D eigenvalue weighted by atomic mass is 127. The molecule has 0 saturated heterocycles. The van der Waals surface area contributed by atoms with Crippen LogP contribution in [0.15, 0.2) is 41.4 Å². The summed E-state index contributed by atoms with van der Waals surface area (Å²) in [7, 11) is 0. The summed E-state index contributed by atoms with van der Waals surface area (Å²) in [6.07, 6.45) is 2.04. The molecule has 1 amide bonds. The van der Waals surface area contributed by atoms with Crippen LogP contribution in [0.5, 0.6) is 0 Å². The van der Waals surface area contributed by atoms with Crippen molar-refractivity contribution in [3.8, 4) is 0 Å². The molecule has 0 aliphatic carbocycles.